The molecule has 102 valence electrons. The summed E-state index contributed by atoms with van der Waals surface area (Å²) in [4.78, 5) is 0. The van der Waals surface area contributed by atoms with E-state index in [2.05, 4.69) is 67.7 Å². The van der Waals surface area contributed by atoms with Crippen LogP contribution in [0, 0.1) is 6.92 Å². The molecule has 1 aromatic heterocycles. The summed E-state index contributed by atoms with van der Waals surface area (Å²) in [6, 6.07) is 16.8. The predicted octanol–water partition coefficient (Wildman–Crippen LogP) is 4.52. The van der Waals surface area contributed by atoms with Crippen molar-refractivity contribution in [2.75, 3.05) is 6.54 Å². The van der Waals surface area contributed by atoms with Crippen LogP contribution in [-0.2, 0) is 6.54 Å². The first kappa shape index (κ1) is 12.9. The highest BCUT2D eigenvalue weighted by Gasteiger charge is 2.10. The number of fused-ring (bicyclic) bond motifs is 1. The summed E-state index contributed by atoms with van der Waals surface area (Å²) in [5.41, 5.74) is 4.61. The van der Waals surface area contributed by atoms with Crippen LogP contribution in [0.2, 0.25) is 0 Å². The molecule has 0 spiro atoms. The van der Waals surface area contributed by atoms with Gasteiger partial charge in [-0.2, -0.15) is 0 Å². The van der Waals surface area contributed by atoms with Gasteiger partial charge in [0.1, 0.15) is 11.3 Å². The van der Waals surface area contributed by atoms with Gasteiger partial charge in [0, 0.05) is 17.5 Å². The number of furan rings is 1. The number of nitrogens with one attached hydrogen (secondary N) is 1. The van der Waals surface area contributed by atoms with Crippen LogP contribution in [0.15, 0.2) is 52.9 Å². The molecule has 3 aromatic rings. The van der Waals surface area contributed by atoms with E-state index in [9.17, 15) is 0 Å². The topological polar surface area (TPSA) is 25.2 Å². The summed E-state index contributed by atoms with van der Waals surface area (Å²) in [6.45, 7) is 6.03. The van der Waals surface area contributed by atoms with Gasteiger partial charge in [0.15, 0.2) is 0 Å². The average molecular weight is 265 g/mol. The molecule has 0 aliphatic rings. The molecular weight excluding hydrogens is 246 g/mol. The first-order chi connectivity index (χ1) is 9.79. The van der Waals surface area contributed by atoms with Crippen LogP contribution in [0.3, 0.4) is 0 Å². The minimum atomic E-state index is 0.864. The fourth-order valence-electron chi connectivity index (χ4n) is 2.52. The van der Waals surface area contributed by atoms with Crippen LogP contribution < -0.4 is 5.32 Å². The molecule has 0 atom stereocenters. The Morgan fingerprint density at radius 3 is 2.70 bits per heavy atom. The number of para-hydroxylation sites is 1. The zero-order valence-electron chi connectivity index (χ0n) is 11.9. The lowest BCUT2D eigenvalue weighted by Crippen LogP contribution is -2.12. The van der Waals surface area contributed by atoms with Gasteiger partial charge in [-0.05, 0) is 30.7 Å². The summed E-state index contributed by atoms with van der Waals surface area (Å²) in [7, 11) is 0. The van der Waals surface area contributed by atoms with Crippen LogP contribution >= 0.6 is 0 Å². The minimum Gasteiger partial charge on any atom is -0.456 e. The highest BCUT2D eigenvalue weighted by molar-refractivity contribution is 5.85. The fraction of sp³-hybridized carbons (Fsp3) is 0.222. The maximum atomic E-state index is 6.08. The van der Waals surface area contributed by atoms with E-state index < -0.39 is 0 Å². The average Bonchev–Trinajstić information content (AvgIpc) is 2.91. The van der Waals surface area contributed by atoms with Gasteiger partial charge in [-0.15, -0.1) is 0 Å². The Balaban J connectivity index is 2.08. The Kier molecular flexibility index (Phi) is 3.57. The quantitative estimate of drug-likeness (QED) is 0.750. The third-order valence-corrected chi connectivity index (χ3v) is 3.59. The molecule has 0 aliphatic heterocycles. The Morgan fingerprint density at radius 1 is 1.05 bits per heavy atom. The molecular formula is C18H19NO. The normalized spacial score (nSPS) is 11.1. The molecule has 0 saturated heterocycles. The van der Waals surface area contributed by atoms with Gasteiger partial charge >= 0.3 is 0 Å². The highest BCUT2D eigenvalue weighted by Crippen LogP contribution is 2.31. The molecule has 1 N–H and O–H groups in total. The molecule has 0 aliphatic carbocycles. The molecule has 2 aromatic carbocycles. The highest BCUT2D eigenvalue weighted by atomic mass is 16.3. The first-order valence-corrected chi connectivity index (χ1v) is 7.07. The summed E-state index contributed by atoms with van der Waals surface area (Å²) in [5.74, 6) is 0.947. The van der Waals surface area contributed by atoms with E-state index >= 15 is 0 Å². The van der Waals surface area contributed by atoms with Gasteiger partial charge < -0.3 is 9.73 Å². The van der Waals surface area contributed by atoms with Crippen LogP contribution in [0.1, 0.15) is 18.1 Å². The van der Waals surface area contributed by atoms with Crippen LogP contribution in [0.5, 0.6) is 0 Å². The summed E-state index contributed by atoms with van der Waals surface area (Å²) in [5, 5.41) is 4.54. The van der Waals surface area contributed by atoms with Gasteiger partial charge in [0.25, 0.3) is 0 Å². The van der Waals surface area contributed by atoms with E-state index in [1.807, 2.05) is 0 Å². The molecule has 0 fully saturated rings. The van der Waals surface area contributed by atoms with Crippen molar-refractivity contribution in [1.82, 2.24) is 5.32 Å². The number of benzene rings is 2. The van der Waals surface area contributed by atoms with E-state index in [1.165, 1.54) is 22.1 Å². The molecule has 0 bridgehead atoms. The lowest BCUT2D eigenvalue weighted by atomic mass is 10.0. The Labute approximate surface area is 119 Å². The number of hydrogen-bond donors (Lipinski definition) is 1. The fourth-order valence-corrected chi connectivity index (χ4v) is 2.52. The van der Waals surface area contributed by atoms with Crippen molar-refractivity contribution in [2.24, 2.45) is 0 Å². The Hall–Kier alpha value is -2.06. The standard InChI is InChI=1S/C18H19NO/c1-3-19-12-15-8-4-5-10-16(15)17-11-14-9-6-7-13(2)18(14)20-17/h4-11,19H,3,12H2,1-2H3. The molecule has 0 amide bonds. The number of rotatable bonds is 4. The molecule has 0 saturated carbocycles. The zero-order valence-corrected chi connectivity index (χ0v) is 11.9. The van der Waals surface area contributed by atoms with E-state index in [4.69, 9.17) is 4.42 Å². The van der Waals surface area contributed by atoms with Crippen molar-refractivity contribution < 1.29 is 4.42 Å². The van der Waals surface area contributed by atoms with Crippen LogP contribution in [0.4, 0.5) is 0 Å². The summed E-state index contributed by atoms with van der Waals surface area (Å²) < 4.78 is 6.08. The van der Waals surface area contributed by atoms with Crippen molar-refractivity contribution in [1.29, 1.82) is 0 Å². The lowest BCUT2D eigenvalue weighted by Gasteiger charge is -2.07. The smallest absolute Gasteiger partial charge is 0.137 e. The summed E-state index contributed by atoms with van der Waals surface area (Å²) in [6.07, 6.45) is 0. The molecule has 1 heterocycles. The van der Waals surface area contributed by atoms with Crippen molar-refractivity contribution in [3.8, 4) is 11.3 Å². The van der Waals surface area contributed by atoms with Crippen molar-refractivity contribution in [3.63, 3.8) is 0 Å². The second-order valence-electron chi connectivity index (χ2n) is 5.04. The SMILES string of the molecule is CCNCc1ccccc1-c1cc2cccc(C)c2o1. The third kappa shape index (κ3) is 2.35. The largest absolute Gasteiger partial charge is 0.456 e. The third-order valence-electron chi connectivity index (χ3n) is 3.59. The van der Waals surface area contributed by atoms with Gasteiger partial charge in [-0.1, -0.05) is 49.4 Å². The van der Waals surface area contributed by atoms with E-state index in [0.29, 0.717) is 0 Å². The van der Waals surface area contributed by atoms with E-state index in [-0.39, 0.29) is 0 Å². The van der Waals surface area contributed by atoms with E-state index in [0.717, 1.165) is 24.4 Å². The summed E-state index contributed by atoms with van der Waals surface area (Å²) >= 11 is 0. The minimum absolute atomic E-state index is 0.864. The van der Waals surface area contributed by atoms with Gasteiger partial charge in [0.2, 0.25) is 0 Å². The molecule has 3 rings (SSSR count). The monoisotopic (exact) mass is 265 g/mol. The lowest BCUT2D eigenvalue weighted by molar-refractivity contribution is 0.626. The second-order valence-corrected chi connectivity index (χ2v) is 5.04. The van der Waals surface area contributed by atoms with Crippen molar-refractivity contribution >= 4 is 11.0 Å². The molecule has 0 unspecified atom stereocenters. The molecule has 0 radical (unpaired) electrons. The Bertz CT molecular complexity index is 727. The second kappa shape index (κ2) is 5.51. The number of hydrogen-bond acceptors (Lipinski definition) is 2. The van der Waals surface area contributed by atoms with Crippen LogP contribution in [0.25, 0.3) is 22.3 Å². The molecule has 2 nitrogen and oxygen atoms in total. The van der Waals surface area contributed by atoms with Crippen LogP contribution in [-0.4, -0.2) is 6.54 Å². The molecule has 20 heavy (non-hydrogen) atoms. The molecule has 2 heteroatoms. The zero-order chi connectivity index (χ0) is 13.9. The Morgan fingerprint density at radius 2 is 1.90 bits per heavy atom. The van der Waals surface area contributed by atoms with Gasteiger partial charge in [-0.25, -0.2) is 0 Å². The maximum absolute atomic E-state index is 6.08. The first-order valence-electron chi connectivity index (χ1n) is 7.07. The van der Waals surface area contributed by atoms with Crippen molar-refractivity contribution in [3.05, 3.63) is 59.7 Å². The van der Waals surface area contributed by atoms with Gasteiger partial charge in [-0.3, -0.25) is 0 Å². The maximum Gasteiger partial charge on any atom is 0.137 e. The number of aryl methyl sites for hydroxylation is 1. The predicted molar refractivity (Wildman–Crippen MR) is 83.8 cm³/mol. The van der Waals surface area contributed by atoms with E-state index in [1.54, 1.807) is 0 Å². The van der Waals surface area contributed by atoms with Gasteiger partial charge in [0.05, 0.1) is 0 Å². The van der Waals surface area contributed by atoms with Crippen molar-refractivity contribution in [2.45, 2.75) is 20.4 Å².